The number of carbonyl (C=O) groups excluding carboxylic acids is 1. The van der Waals surface area contributed by atoms with Gasteiger partial charge in [-0.25, -0.2) is 4.79 Å². The summed E-state index contributed by atoms with van der Waals surface area (Å²) in [4.78, 5) is 25.0. The molecule has 2 rings (SSSR count). The summed E-state index contributed by atoms with van der Waals surface area (Å²) in [7, 11) is 0. The predicted octanol–water partition coefficient (Wildman–Crippen LogP) is 3.69. The Bertz CT molecular complexity index is 777. The Balaban J connectivity index is 2.43. The van der Waals surface area contributed by atoms with Gasteiger partial charge in [0.1, 0.15) is 11.8 Å². The highest BCUT2D eigenvalue weighted by molar-refractivity contribution is 5.83. The number of hydrogen-bond acceptors (Lipinski definition) is 4. The largest absolute Gasteiger partial charge is 0.491 e. The maximum atomic E-state index is 12.8. The number of ether oxygens (including phenoxy) is 2. The van der Waals surface area contributed by atoms with Crippen molar-refractivity contribution in [3.63, 3.8) is 0 Å². The first-order valence-corrected chi connectivity index (χ1v) is 8.35. The van der Waals surface area contributed by atoms with Crippen molar-refractivity contribution in [1.29, 1.82) is 0 Å². The van der Waals surface area contributed by atoms with Gasteiger partial charge in [-0.05, 0) is 63.8 Å². The standard InChI is InChI=1S/C19H25NO4/c1-6-17(19(22)24-13(4)5)20-10-9-14-11-15(23-12(2)3)7-8-16(14)18(20)21/h7-13,17H,6H2,1-5H3. The first-order valence-electron chi connectivity index (χ1n) is 8.35. The number of hydrogen-bond donors (Lipinski definition) is 0. The third-order valence-electron chi connectivity index (χ3n) is 3.62. The predicted molar refractivity (Wildman–Crippen MR) is 94.5 cm³/mol. The van der Waals surface area contributed by atoms with E-state index in [0.29, 0.717) is 11.8 Å². The Morgan fingerprint density at radius 3 is 2.42 bits per heavy atom. The van der Waals surface area contributed by atoms with E-state index in [1.807, 2.05) is 32.9 Å². The maximum Gasteiger partial charge on any atom is 0.329 e. The second-order valence-electron chi connectivity index (χ2n) is 6.35. The molecule has 0 spiro atoms. The molecule has 1 heterocycles. The number of aromatic nitrogens is 1. The summed E-state index contributed by atoms with van der Waals surface area (Å²) in [5.74, 6) is 0.342. The lowest BCUT2D eigenvalue weighted by atomic mass is 10.1. The highest BCUT2D eigenvalue weighted by atomic mass is 16.5. The lowest BCUT2D eigenvalue weighted by Crippen LogP contribution is -2.31. The van der Waals surface area contributed by atoms with Crippen molar-refractivity contribution in [2.75, 3.05) is 0 Å². The molecule has 1 aromatic heterocycles. The van der Waals surface area contributed by atoms with Gasteiger partial charge in [0, 0.05) is 11.6 Å². The van der Waals surface area contributed by atoms with Gasteiger partial charge in [0.05, 0.1) is 12.2 Å². The lowest BCUT2D eigenvalue weighted by molar-refractivity contribution is -0.151. The van der Waals surface area contributed by atoms with Gasteiger partial charge in [0.15, 0.2) is 0 Å². The van der Waals surface area contributed by atoms with Crippen LogP contribution in [-0.4, -0.2) is 22.7 Å². The second kappa shape index (κ2) is 7.51. The van der Waals surface area contributed by atoms with Gasteiger partial charge in [-0.15, -0.1) is 0 Å². The number of benzene rings is 1. The number of nitrogens with zero attached hydrogens (tertiary/aromatic N) is 1. The molecule has 24 heavy (non-hydrogen) atoms. The topological polar surface area (TPSA) is 57.5 Å². The summed E-state index contributed by atoms with van der Waals surface area (Å²) < 4.78 is 12.4. The monoisotopic (exact) mass is 331 g/mol. The van der Waals surface area contributed by atoms with Crippen LogP contribution in [0, 0.1) is 0 Å². The molecule has 0 N–H and O–H groups in total. The highest BCUT2D eigenvalue weighted by Gasteiger charge is 2.22. The van der Waals surface area contributed by atoms with E-state index in [0.717, 1.165) is 11.1 Å². The minimum atomic E-state index is -0.615. The van der Waals surface area contributed by atoms with Crippen molar-refractivity contribution in [3.8, 4) is 5.75 Å². The smallest absolute Gasteiger partial charge is 0.329 e. The molecule has 0 radical (unpaired) electrons. The van der Waals surface area contributed by atoms with Crippen LogP contribution in [0.15, 0.2) is 35.3 Å². The van der Waals surface area contributed by atoms with Gasteiger partial charge < -0.3 is 14.0 Å². The molecule has 0 amide bonds. The molecule has 5 nitrogen and oxygen atoms in total. The molecule has 0 fully saturated rings. The molecule has 2 aromatic rings. The molecule has 0 aliphatic rings. The average Bonchev–Trinajstić information content (AvgIpc) is 2.49. The van der Waals surface area contributed by atoms with Crippen LogP contribution >= 0.6 is 0 Å². The molecule has 0 aliphatic carbocycles. The summed E-state index contributed by atoms with van der Waals surface area (Å²) in [5, 5.41) is 1.35. The summed E-state index contributed by atoms with van der Waals surface area (Å²) in [6, 6.07) is 6.58. The van der Waals surface area contributed by atoms with Crippen molar-refractivity contribution >= 4 is 16.7 Å². The van der Waals surface area contributed by atoms with Crippen molar-refractivity contribution in [3.05, 3.63) is 40.8 Å². The molecule has 1 aromatic carbocycles. The van der Waals surface area contributed by atoms with Crippen LogP contribution in [0.2, 0.25) is 0 Å². The number of rotatable bonds is 6. The zero-order chi connectivity index (χ0) is 17.9. The van der Waals surface area contributed by atoms with E-state index in [1.165, 1.54) is 4.57 Å². The quantitative estimate of drug-likeness (QED) is 0.758. The van der Waals surface area contributed by atoms with E-state index < -0.39 is 6.04 Å². The van der Waals surface area contributed by atoms with Crippen LogP contribution < -0.4 is 10.3 Å². The lowest BCUT2D eigenvalue weighted by Gasteiger charge is -2.19. The minimum absolute atomic E-state index is 0.0677. The van der Waals surface area contributed by atoms with E-state index in [2.05, 4.69) is 0 Å². The molecule has 130 valence electrons. The molecule has 0 saturated carbocycles. The van der Waals surface area contributed by atoms with E-state index in [1.54, 1.807) is 32.2 Å². The van der Waals surface area contributed by atoms with Gasteiger partial charge >= 0.3 is 5.97 Å². The zero-order valence-electron chi connectivity index (χ0n) is 14.9. The highest BCUT2D eigenvalue weighted by Crippen LogP contribution is 2.21. The van der Waals surface area contributed by atoms with Gasteiger partial charge in [-0.1, -0.05) is 6.92 Å². The summed E-state index contributed by atoms with van der Waals surface area (Å²) in [6.07, 6.45) is 2.00. The van der Waals surface area contributed by atoms with Gasteiger partial charge in [-0.3, -0.25) is 4.79 Å². The minimum Gasteiger partial charge on any atom is -0.491 e. The van der Waals surface area contributed by atoms with Crippen LogP contribution in [0.25, 0.3) is 10.8 Å². The third kappa shape index (κ3) is 3.96. The van der Waals surface area contributed by atoms with Crippen molar-refractivity contribution in [2.45, 2.75) is 59.3 Å². The van der Waals surface area contributed by atoms with Crippen LogP contribution in [0.5, 0.6) is 5.75 Å². The van der Waals surface area contributed by atoms with Crippen molar-refractivity contribution in [1.82, 2.24) is 4.57 Å². The first kappa shape index (κ1) is 18.0. The Hall–Kier alpha value is -2.30. The van der Waals surface area contributed by atoms with Crippen LogP contribution in [0.3, 0.4) is 0 Å². The van der Waals surface area contributed by atoms with Gasteiger partial charge in [0.25, 0.3) is 5.56 Å². The van der Waals surface area contributed by atoms with Crippen LogP contribution in [0.1, 0.15) is 47.1 Å². The second-order valence-corrected chi connectivity index (χ2v) is 6.35. The number of fused-ring (bicyclic) bond motifs is 1. The Kier molecular flexibility index (Phi) is 5.65. The molecular formula is C19H25NO4. The summed E-state index contributed by atoms with van der Waals surface area (Å²) in [6.45, 7) is 9.36. The molecule has 0 bridgehead atoms. The Morgan fingerprint density at radius 1 is 1.12 bits per heavy atom. The van der Waals surface area contributed by atoms with E-state index in [4.69, 9.17) is 9.47 Å². The normalized spacial score (nSPS) is 12.6. The van der Waals surface area contributed by atoms with E-state index in [9.17, 15) is 9.59 Å². The van der Waals surface area contributed by atoms with Crippen molar-refractivity contribution in [2.24, 2.45) is 0 Å². The molecule has 5 heteroatoms. The Labute approximate surface area is 142 Å². The van der Waals surface area contributed by atoms with Crippen molar-refractivity contribution < 1.29 is 14.3 Å². The van der Waals surface area contributed by atoms with Gasteiger partial charge in [0.2, 0.25) is 0 Å². The fourth-order valence-corrected chi connectivity index (χ4v) is 2.62. The molecule has 0 aliphatic heterocycles. The van der Waals surface area contributed by atoms with E-state index in [-0.39, 0.29) is 23.7 Å². The maximum absolute atomic E-state index is 12.8. The third-order valence-corrected chi connectivity index (χ3v) is 3.62. The zero-order valence-corrected chi connectivity index (χ0v) is 14.9. The van der Waals surface area contributed by atoms with E-state index >= 15 is 0 Å². The fourth-order valence-electron chi connectivity index (χ4n) is 2.62. The molecule has 1 unspecified atom stereocenters. The molecule has 0 saturated heterocycles. The molecule has 1 atom stereocenters. The number of pyridine rings is 1. The SMILES string of the molecule is CCC(C(=O)OC(C)C)n1ccc2cc(OC(C)C)ccc2c1=O. The van der Waals surface area contributed by atoms with Gasteiger partial charge in [-0.2, -0.15) is 0 Å². The summed E-state index contributed by atoms with van der Waals surface area (Å²) in [5.41, 5.74) is -0.198. The summed E-state index contributed by atoms with van der Waals surface area (Å²) >= 11 is 0. The average molecular weight is 331 g/mol. The Morgan fingerprint density at radius 2 is 1.83 bits per heavy atom. The molecular weight excluding hydrogens is 306 g/mol. The fraction of sp³-hybridized carbons (Fsp3) is 0.474. The first-order chi connectivity index (χ1) is 11.3. The van der Waals surface area contributed by atoms with Crippen LogP contribution in [0.4, 0.5) is 0 Å². The number of carbonyl (C=O) groups is 1. The van der Waals surface area contributed by atoms with Crippen LogP contribution in [-0.2, 0) is 9.53 Å². The number of esters is 1.